The number of carbonyl (C=O) groups excluding carboxylic acids is 3. The number of nitrogens with zero attached hydrogens (tertiary/aromatic N) is 3. The van der Waals surface area contributed by atoms with Crippen LogP contribution in [0.1, 0.15) is 86.4 Å². The van der Waals surface area contributed by atoms with E-state index in [-0.39, 0.29) is 24.6 Å². The number of Topliss-reactive ketones (excluding diaryl/α,β-unsaturated/α-hetero) is 1. The molecule has 0 aliphatic heterocycles. The van der Waals surface area contributed by atoms with Crippen LogP contribution in [0.15, 0.2) is 103 Å². The molecule has 8 nitrogen and oxygen atoms in total. The van der Waals surface area contributed by atoms with Crippen molar-refractivity contribution in [2.75, 3.05) is 59.9 Å². The van der Waals surface area contributed by atoms with Gasteiger partial charge in [0.25, 0.3) is 5.91 Å². The third-order valence-corrected chi connectivity index (χ3v) is 7.31. The number of benzene rings is 2. The lowest BCUT2D eigenvalue weighted by molar-refractivity contribution is -0.127. The van der Waals surface area contributed by atoms with E-state index in [0.717, 1.165) is 30.9 Å². The van der Waals surface area contributed by atoms with E-state index in [4.69, 9.17) is 0 Å². The molecule has 0 saturated carbocycles. The lowest BCUT2D eigenvalue weighted by Crippen LogP contribution is -2.38. The fraction of sp³-hybridized carbons (Fsp3) is 0.465. The summed E-state index contributed by atoms with van der Waals surface area (Å²) < 4.78 is 10.8. The summed E-state index contributed by atoms with van der Waals surface area (Å²) in [6, 6.07) is 21.1. The standard InChI is InChI=1S/C22H29N3O3.C14H24N2.C3H5F.2C2H6/c1-5-19(15-23-14-17(3)21(27)16-26)22(28)25(6-2)13-12-24-18(4)20-10-8-7-9-11-20;1-5-16(12-11-15(3)4)13(2)14-9-7-6-8-10-14;1-3(2)4;2*1-2/h5,7-11,14,16,23-24H,4,6,12-13,15H2,1-3H3;6-10,13H,5,11-12H2,1-4H3;1H2,2H3;2*1-2H3/b17-14+,19-5+;;;;. The van der Waals surface area contributed by atoms with Crippen LogP contribution < -0.4 is 10.6 Å². The molecular formula is C43H70FN5O3. The van der Waals surface area contributed by atoms with E-state index >= 15 is 0 Å². The highest BCUT2D eigenvalue weighted by atomic mass is 19.1. The Hall–Kier alpha value is -4.34. The Morgan fingerprint density at radius 2 is 1.38 bits per heavy atom. The number of nitrogens with one attached hydrogen (secondary N) is 2. The van der Waals surface area contributed by atoms with Crippen molar-refractivity contribution in [3.63, 3.8) is 0 Å². The number of likely N-dealkylation sites (N-methyl/N-ethyl adjacent to an activating group) is 3. The van der Waals surface area contributed by atoms with Crippen LogP contribution in [0, 0.1) is 0 Å². The molecule has 1 atom stereocenters. The maximum atomic E-state index is 12.7. The number of aldehydes is 1. The van der Waals surface area contributed by atoms with Crippen LogP contribution in [0.4, 0.5) is 4.39 Å². The van der Waals surface area contributed by atoms with Crippen molar-refractivity contribution in [2.24, 2.45) is 0 Å². The van der Waals surface area contributed by atoms with Crippen LogP contribution in [-0.2, 0) is 14.4 Å². The molecule has 9 heteroatoms. The SMILES string of the molecule is C=C(C)F.C=C(NCCN(CC)C(=O)/C(=C/C)CN/C=C(\C)C(=O)C=O)c1ccccc1.CC.CC.CCN(CCN(C)C)C(C)c1ccccc1. The number of carbonyl (C=O) groups is 3. The summed E-state index contributed by atoms with van der Waals surface area (Å²) in [7, 11) is 4.25. The van der Waals surface area contributed by atoms with Gasteiger partial charge in [-0.1, -0.05) is 115 Å². The minimum atomic E-state index is -0.583. The van der Waals surface area contributed by atoms with Crippen LogP contribution in [-0.4, -0.2) is 92.6 Å². The van der Waals surface area contributed by atoms with Gasteiger partial charge in [-0.2, -0.15) is 0 Å². The number of ketones is 1. The third kappa shape index (κ3) is 24.7. The number of hydrogen-bond donors (Lipinski definition) is 2. The maximum Gasteiger partial charge on any atom is 0.251 e. The third-order valence-electron chi connectivity index (χ3n) is 7.31. The van der Waals surface area contributed by atoms with E-state index in [1.807, 2.05) is 65.0 Å². The van der Waals surface area contributed by atoms with E-state index in [1.54, 1.807) is 24.8 Å². The lowest BCUT2D eigenvalue weighted by atomic mass is 10.1. The monoisotopic (exact) mass is 724 g/mol. The van der Waals surface area contributed by atoms with Gasteiger partial charge in [0.15, 0.2) is 6.29 Å². The van der Waals surface area contributed by atoms with Crippen LogP contribution in [0.2, 0.25) is 0 Å². The average Bonchev–Trinajstić information content (AvgIpc) is 3.16. The lowest BCUT2D eigenvalue weighted by Gasteiger charge is -2.29. The maximum absolute atomic E-state index is 12.7. The fourth-order valence-corrected chi connectivity index (χ4v) is 4.37. The van der Waals surface area contributed by atoms with Crippen LogP contribution in [0.3, 0.4) is 0 Å². The van der Waals surface area contributed by atoms with Crippen molar-refractivity contribution in [2.45, 2.75) is 75.3 Å². The van der Waals surface area contributed by atoms with Crippen LogP contribution >= 0.6 is 0 Å². The molecule has 1 unspecified atom stereocenters. The van der Waals surface area contributed by atoms with E-state index in [9.17, 15) is 18.8 Å². The van der Waals surface area contributed by atoms with Gasteiger partial charge in [0.2, 0.25) is 5.78 Å². The zero-order chi connectivity index (χ0) is 40.5. The Morgan fingerprint density at radius 3 is 1.83 bits per heavy atom. The molecule has 2 N–H and O–H groups in total. The van der Waals surface area contributed by atoms with Crippen molar-refractivity contribution in [1.29, 1.82) is 0 Å². The number of halogens is 1. The molecule has 292 valence electrons. The molecule has 0 saturated heterocycles. The van der Waals surface area contributed by atoms with Gasteiger partial charge in [-0.15, -0.1) is 0 Å². The van der Waals surface area contributed by atoms with Crippen molar-refractivity contribution in [1.82, 2.24) is 25.3 Å². The molecule has 0 bridgehead atoms. The minimum absolute atomic E-state index is 0.0719. The van der Waals surface area contributed by atoms with Crippen molar-refractivity contribution >= 4 is 23.7 Å². The van der Waals surface area contributed by atoms with Gasteiger partial charge in [0.1, 0.15) is 0 Å². The predicted molar refractivity (Wildman–Crippen MR) is 222 cm³/mol. The molecule has 2 aromatic rings. The summed E-state index contributed by atoms with van der Waals surface area (Å²) in [5.74, 6) is -0.988. The first-order chi connectivity index (χ1) is 24.8. The van der Waals surface area contributed by atoms with Gasteiger partial charge < -0.3 is 20.4 Å². The highest BCUT2D eigenvalue weighted by Gasteiger charge is 2.16. The van der Waals surface area contributed by atoms with E-state index in [2.05, 4.69) is 91.9 Å². The largest absolute Gasteiger partial charge is 0.386 e. The molecule has 0 fully saturated rings. The predicted octanol–water partition coefficient (Wildman–Crippen LogP) is 8.48. The molecule has 1 amide bonds. The van der Waals surface area contributed by atoms with Gasteiger partial charge in [0, 0.05) is 68.4 Å². The molecule has 2 aromatic carbocycles. The van der Waals surface area contributed by atoms with E-state index < -0.39 is 5.78 Å². The molecule has 0 radical (unpaired) electrons. The smallest absolute Gasteiger partial charge is 0.251 e. The second kappa shape index (κ2) is 33.8. The summed E-state index contributed by atoms with van der Waals surface area (Å²) in [5, 5.41) is 6.17. The Kier molecular flexibility index (Phi) is 33.8. The number of amides is 1. The van der Waals surface area contributed by atoms with Gasteiger partial charge >= 0.3 is 0 Å². The number of allylic oxidation sites excluding steroid dienone is 3. The first-order valence-corrected chi connectivity index (χ1v) is 18.4. The second-order valence-electron chi connectivity index (χ2n) is 11.4. The van der Waals surface area contributed by atoms with Gasteiger partial charge in [-0.3, -0.25) is 19.3 Å². The van der Waals surface area contributed by atoms with Gasteiger partial charge in [-0.05, 0) is 66.4 Å². The van der Waals surface area contributed by atoms with Crippen molar-refractivity contribution in [3.05, 3.63) is 114 Å². The normalized spacial score (nSPS) is 11.1. The second-order valence-corrected chi connectivity index (χ2v) is 11.4. The molecular weight excluding hydrogens is 654 g/mol. The van der Waals surface area contributed by atoms with Crippen molar-refractivity contribution < 1.29 is 18.8 Å². The zero-order valence-corrected chi connectivity index (χ0v) is 34.4. The van der Waals surface area contributed by atoms with Crippen molar-refractivity contribution in [3.8, 4) is 0 Å². The Morgan fingerprint density at radius 1 is 0.865 bits per heavy atom. The highest BCUT2D eigenvalue weighted by molar-refractivity contribution is 6.32. The molecule has 2 rings (SSSR count). The first kappa shape index (κ1) is 52.0. The average molecular weight is 724 g/mol. The van der Waals surface area contributed by atoms with E-state index in [1.165, 1.54) is 18.7 Å². The van der Waals surface area contributed by atoms with Gasteiger partial charge in [0.05, 0.1) is 5.83 Å². The summed E-state index contributed by atoms with van der Waals surface area (Å²) in [4.78, 5) is 40.9. The molecule has 0 aromatic heterocycles. The minimum Gasteiger partial charge on any atom is -0.386 e. The van der Waals surface area contributed by atoms with E-state index in [0.29, 0.717) is 36.8 Å². The van der Waals surface area contributed by atoms with Gasteiger partial charge in [-0.25, -0.2) is 4.39 Å². The summed E-state index contributed by atoms with van der Waals surface area (Å²) in [5.41, 5.74) is 4.13. The molecule has 0 aliphatic rings. The Bertz CT molecular complexity index is 1310. The number of rotatable bonds is 18. The summed E-state index contributed by atoms with van der Waals surface area (Å²) in [6.07, 6.45) is 3.47. The van der Waals surface area contributed by atoms with Crippen LogP contribution in [0.25, 0.3) is 5.70 Å². The zero-order valence-electron chi connectivity index (χ0n) is 34.4. The summed E-state index contributed by atoms with van der Waals surface area (Å²) >= 11 is 0. The fourth-order valence-electron chi connectivity index (χ4n) is 4.37. The molecule has 0 spiro atoms. The molecule has 0 heterocycles. The topological polar surface area (TPSA) is 85.0 Å². The molecule has 52 heavy (non-hydrogen) atoms. The Balaban J connectivity index is -0.000000840. The number of hydrogen-bond acceptors (Lipinski definition) is 7. The van der Waals surface area contributed by atoms with Crippen LogP contribution in [0.5, 0.6) is 0 Å². The highest BCUT2D eigenvalue weighted by Crippen LogP contribution is 2.19. The summed E-state index contributed by atoms with van der Waals surface area (Å²) in [6.45, 7) is 31.3. The first-order valence-electron chi connectivity index (χ1n) is 18.4. The molecule has 0 aliphatic carbocycles. The quantitative estimate of drug-likeness (QED) is 0.0907. The Labute approximate surface area is 316 Å².